The van der Waals surface area contributed by atoms with Gasteiger partial charge in [0, 0.05) is 47.9 Å². The molecule has 1 aliphatic carbocycles. The van der Waals surface area contributed by atoms with E-state index in [1.807, 2.05) is 11.0 Å². The Bertz CT molecular complexity index is 731. The third-order valence-corrected chi connectivity index (χ3v) is 7.26. The first-order valence-electron chi connectivity index (χ1n) is 8.56. The van der Waals surface area contributed by atoms with Crippen LogP contribution in [0, 0.1) is 0 Å². The van der Waals surface area contributed by atoms with Crippen molar-refractivity contribution in [1.29, 1.82) is 0 Å². The van der Waals surface area contributed by atoms with Gasteiger partial charge in [0.05, 0.1) is 9.90 Å². The number of carbonyl (C=O) groups excluding carboxylic acids is 1. The molecule has 1 saturated heterocycles. The second-order valence-electron chi connectivity index (χ2n) is 6.53. The SMILES string of the molecule is O=C(c1csc2c1CCCC2)N1CCN(Cc2ccc(Cl)s2)CC1. The monoisotopic (exact) mass is 380 g/mol. The minimum Gasteiger partial charge on any atom is -0.336 e. The Hall–Kier alpha value is -0.880. The molecule has 3 nitrogen and oxygen atoms in total. The number of hydrogen-bond donors (Lipinski definition) is 0. The zero-order chi connectivity index (χ0) is 16.5. The standard InChI is InChI=1S/C18H21ClN2OS2/c19-17-6-5-13(24-17)11-20-7-9-21(10-8-20)18(22)15-12-23-16-4-2-1-3-14(15)16/h5-6,12H,1-4,7-11H2. The summed E-state index contributed by atoms with van der Waals surface area (Å²) in [5, 5.41) is 2.10. The second kappa shape index (κ2) is 7.16. The molecule has 24 heavy (non-hydrogen) atoms. The molecule has 2 aromatic rings. The first-order chi connectivity index (χ1) is 11.7. The van der Waals surface area contributed by atoms with E-state index in [1.54, 1.807) is 22.7 Å². The van der Waals surface area contributed by atoms with Crippen LogP contribution in [0.4, 0.5) is 0 Å². The summed E-state index contributed by atoms with van der Waals surface area (Å²) in [4.78, 5) is 20.1. The average molecular weight is 381 g/mol. The van der Waals surface area contributed by atoms with Gasteiger partial charge in [0.15, 0.2) is 0 Å². The number of hydrogen-bond acceptors (Lipinski definition) is 4. The van der Waals surface area contributed by atoms with Gasteiger partial charge in [0.2, 0.25) is 0 Å². The zero-order valence-corrected chi connectivity index (χ0v) is 16.0. The number of fused-ring (bicyclic) bond motifs is 1. The zero-order valence-electron chi connectivity index (χ0n) is 13.6. The van der Waals surface area contributed by atoms with Crippen LogP contribution >= 0.6 is 34.3 Å². The summed E-state index contributed by atoms with van der Waals surface area (Å²) in [6, 6.07) is 4.06. The summed E-state index contributed by atoms with van der Waals surface area (Å²) in [5.74, 6) is 0.244. The Morgan fingerprint density at radius 3 is 2.67 bits per heavy atom. The lowest BCUT2D eigenvalue weighted by Gasteiger charge is -2.34. The van der Waals surface area contributed by atoms with Crippen molar-refractivity contribution in [2.45, 2.75) is 32.2 Å². The van der Waals surface area contributed by atoms with E-state index in [0.717, 1.165) is 55.5 Å². The van der Waals surface area contributed by atoms with Crippen molar-refractivity contribution in [3.8, 4) is 0 Å². The van der Waals surface area contributed by atoms with Gasteiger partial charge >= 0.3 is 0 Å². The Kier molecular flexibility index (Phi) is 4.95. The van der Waals surface area contributed by atoms with Crippen molar-refractivity contribution in [2.24, 2.45) is 0 Å². The van der Waals surface area contributed by atoms with Gasteiger partial charge in [0.1, 0.15) is 0 Å². The lowest BCUT2D eigenvalue weighted by atomic mass is 9.95. The number of aryl methyl sites for hydroxylation is 1. The van der Waals surface area contributed by atoms with Crippen LogP contribution in [0.15, 0.2) is 17.5 Å². The maximum absolute atomic E-state index is 12.9. The normalized spacial score (nSPS) is 18.6. The molecule has 0 N–H and O–H groups in total. The lowest BCUT2D eigenvalue weighted by molar-refractivity contribution is 0.0629. The van der Waals surface area contributed by atoms with Crippen LogP contribution in [0.2, 0.25) is 4.34 Å². The number of piperazine rings is 1. The molecule has 0 aromatic carbocycles. The summed E-state index contributed by atoms with van der Waals surface area (Å²) in [6.45, 7) is 4.46. The summed E-state index contributed by atoms with van der Waals surface area (Å²) in [7, 11) is 0. The Morgan fingerprint density at radius 2 is 1.92 bits per heavy atom. The van der Waals surface area contributed by atoms with E-state index < -0.39 is 0 Å². The molecule has 0 saturated carbocycles. The van der Waals surface area contributed by atoms with Crippen molar-refractivity contribution in [1.82, 2.24) is 9.80 Å². The van der Waals surface area contributed by atoms with Gasteiger partial charge in [0.25, 0.3) is 5.91 Å². The van der Waals surface area contributed by atoms with Gasteiger partial charge in [-0.15, -0.1) is 22.7 Å². The summed E-state index contributed by atoms with van der Waals surface area (Å²) >= 11 is 9.43. The molecular formula is C18H21ClN2OS2. The van der Waals surface area contributed by atoms with Crippen LogP contribution in [-0.4, -0.2) is 41.9 Å². The fourth-order valence-electron chi connectivity index (χ4n) is 3.61. The summed E-state index contributed by atoms with van der Waals surface area (Å²) in [5.41, 5.74) is 2.32. The maximum atomic E-state index is 12.9. The van der Waals surface area contributed by atoms with E-state index in [4.69, 9.17) is 11.6 Å². The Balaban J connectivity index is 1.37. The van der Waals surface area contributed by atoms with E-state index in [1.165, 1.54) is 28.2 Å². The van der Waals surface area contributed by atoms with E-state index in [-0.39, 0.29) is 5.91 Å². The minimum atomic E-state index is 0.244. The fourth-order valence-corrected chi connectivity index (χ4v) is 5.86. The van der Waals surface area contributed by atoms with Crippen LogP contribution < -0.4 is 0 Å². The van der Waals surface area contributed by atoms with Gasteiger partial charge in [-0.05, 0) is 43.4 Å². The van der Waals surface area contributed by atoms with Gasteiger partial charge in [-0.3, -0.25) is 9.69 Å². The first kappa shape index (κ1) is 16.6. The molecule has 128 valence electrons. The molecular weight excluding hydrogens is 360 g/mol. The number of carbonyl (C=O) groups is 1. The molecule has 2 aliphatic rings. The topological polar surface area (TPSA) is 23.6 Å². The molecule has 1 fully saturated rings. The van der Waals surface area contributed by atoms with Gasteiger partial charge < -0.3 is 4.90 Å². The first-order valence-corrected chi connectivity index (χ1v) is 10.6. The van der Waals surface area contributed by atoms with Crippen molar-refractivity contribution in [3.63, 3.8) is 0 Å². The summed E-state index contributed by atoms with van der Waals surface area (Å²) < 4.78 is 0.848. The molecule has 2 aromatic heterocycles. The van der Waals surface area contributed by atoms with Crippen molar-refractivity contribution in [2.75, 3.05) is 26.2 Å². The Morgan fingerprint density at radius 1 is 1.12 bits per heavy atom. The highest BCUT2D eigenvalue weighted by Crippen LogP contribution is 2.31. The van der Waals surface area contributed by atoms with Crippen molar-refractivity contribution >= 4 is 40.2 Å². The molecule has 6 heteroatoms. The molecule has 0 atom stereocenters. The highest BCUT2D eigenvalue weighted by atomic mass is 35.5. The van der Waals surface area contributed by atoms with Crippen molar-refractivity contribution < 1.29 is 4.79 Å². The largest absolute Gasteiger partial charge is 0.336 e. The molecule has 0 unspecified atom stereocenters. The highest BCUT2D eigenvalue weighted by molar-refractivity contribution is 7.16. The fraction of sp³-hybridized carbons (Fsp3) is 0.500. The summed E-state index contributed by atoms with van der Waals surface area (Å²) in [6.07, 6.45) is 4.73. The van der Waals surface area contributed by atoms with E-state index in [0.29, 0.717) is 0 Å². The number of nitrogens with zero attached hydrogens (tertiary/aromatic N) is 2. The van der Waals surface area contributed by atoms with Crippen molar-refractivity contribution in [3.05, 3.63) is 42.7 Å². The number of halogens is 1. The van der Waals surface area contributed by atoms with Crippen LogP contribution in [0.5, 0.6) is 0 Å². The Labute approximate surface area is 155 Å². The average Bonchev–Trinajstić information content (AvgIpc) is 3.21. The molecule has 4 rings (SSSR count). The molecule has 0 bridgehead atoms. The van der Waals surface area contributed by atoms with E-state index in [9.17, 15) is 4.79 Å². The lowest BCUT2D eigenvalue weighted by Crippen LogP contribution is -2.48. The number of rotatable bonds is 3. The molecule has 3 heterocycles. The quantitative estimate of drug-likeness (QED) is 0.792. The predicted octanol–water partition coefficient (Wildman–Crippen LogP) is 4.30. The van der Waals surface area contributed by atoms with Gasteiger partial charge in [-0.2, -0.15) is 0 Å². The number of thiophene rings is 2. The van der Waals surface area contributed by atoms with Crippen LogP contribution in [-0.2, 0) is 19.4 Å². The highest BCUT2D eigenvalue weighted by Gasteiger charge is 2.26. The van der Waals surface area contributed by atoms with E-state index in [2.05, 4.69) is 16.3 Å². The van der Waals surface area contributed by atoms with Crippen LogP contribution in [0.3, 0.4) is 0 Å². The van der Waals surface area contributed by atoms with Crippen LogP contribution in [0.25, 0.3) is 0 Å². The van der Waals surface area contributed by atoms with Gasteiger partial charge in [-0.25, -0.2) is 0 Å². The predicted molar refractivity (Wildman–Crippen MR) is 101 cm³/mol. The van der Waals surface area contributed by atoms with Crippen LogP contribution in [0.1, 0.15) is 38.5 Å². The molecule has 0 spiro atoms. The van der Waals surface area contributed by atoms with Gasteiger partial charge in [-0.1, -0.05) is 11.6 Å². The third-order valence-electron chi connectivity index (χ3n) is 4.96. The maximum Gasteiger partial charge on any atom is 0.255 e. The molecule has 1 amide bonds. The third kappa shape index (κ3) is 3.40. The second-order valence-corrected chi connectivity index (χ2v) is 9.30. The number of amides is 1. The molecule has 0 radical (unpaired) electrons. The molecule has 1 aliphatic heterocycles. The minimum absolute atomic E-state index is 0.244. The van der Waals surface area contributed by atoms with E-state index >= 15 is 0 Å². The smallest absolute Gasteiger partial charge is 0.255 e.